The molecule has 0 aliphatic rings. The van der Waals surface area contributed by atoms with Crippen molar-refractivity contribution < 1.29 is 18.3 Å². The van der Waals surface area contributed by atoms with Crippen LogP contribution in [0.2, 0.25) is 0 Å². The van der Waals surface area contributed by atoms with E-state index in [0.717, 1.165) is 6.42 Å². The summed E-state index contributed by atoms with van der Waals surface area (Å²) in [5, 5.41) is 8.79. The van der Waals surface area contributed by atoms with E-state index >= 15 is 0 Å². The molecular weight excluding hydrogens is 256 g/mol. The number of unbranched alkanes of at least 4 members (excludes halogenated alkanes) is 1. The second-order valence-electron chi connectivity index (χ2n) is 3.82. The predicted molar refractivity (Wildman–Crippen MR) is 65.5 cm³/mol. The van der Waals surface area contributed by atoms with Crippen molar-refractivity contribution in [1.29, 1.82) is 0 Å². The van der Waals surface area contributed by atoms with Gasteiger partial charge in [-0.2, -0.15) is 4.72 Å². The van der Waals surface area contributed by atoms with Crippen molar-refractivity contribution in [2.24, 2.45) is 0 Å². The van der Waals surface area contributed by atoms with E-state index in [4.69, 9.17) is 5.11 Å². The van der Waals surface area contributed by atoms with Gasteiger partial charge in [-0.05, 0) is 18.6 Å². The third-order valence-corrected chi connectivity index (χ3v) is 3.74. The summed E-state index contributed by atoms with van der Waals surface area (Å²) in [6.07, 6.45) is 3.05. The van der Waals surface area contributed by atoms with Crippen LogP contribution in [0.1, 0.15) is 26.2 Å². The van der Waals surface area contributed by atoms with Crippen LogP contribution in [0.25, 0.3) is 0 Å². The van der Waals surface area contributed by atoms with Gasteiger partial charge < -0.3 is 5.11 Å². The number of carbonyl (C=O) groups is 1. The number of nitrogens with one attached hydrogen (secondary N) is 1. The molecule has 1 atom stereocenters. The second-order valence-corrected chi connectivity index (χ2v) is 5.48. The first-order chi connectivity index (χ1) is 8.47. The minimum atomic E-state index is -3.88. The molecule has 0 fully saturated rings. The molecule has 0 saturated heterocycles. The molecule has 0 aromatic carbocycles. The number of carboxylic acid groups (broad SMARTS) is 1. The number of aromatic nitrogens is 1. The van der Waals surface area contributed by atoms with Gasteiger partial charge in [-0.15, -0.1) is 0 Å². The highest BCUT2D eigenvalue weighted by atomic mass is 32.2. The van der Waals surface area contributed by atoms with Crippen LogP contribution in [-0.2, 0) is 14.8 Å². The molecule has 0 radical (unpaired) electrons. The maximum Gasteiger partial charge on any atom is 0.321 e. The van der Waals surface area contributed by atoms with Crippen molar-refractivity contribution in [1.82, 2.24) is 9.71 Å². The zero-order valence-corrected chi connectivity index (χ0v) is 10.9. The Hall–Kier alpha value is -1.47. The van der Waals surface area contributed by atoms with Crippen LogP contribution in [0.4, 0.5) is 0 Å². The van der Waals surface area contributed by atoms with Gasteiger partial charge in [0.05, 0.1) is 0 Å². The molecule has 0 aliphatic carbocycles. The Labute approximate surface area is 106 Å². The molecule has 0 saturated carbocycles. The van der Waals surface area contributed by atoms with Crippen LogP contribution in [0, 0.1) is 0 Å². The normalized spacial score (nSPS) is 13.2. The highest BCUT2D eigenvalue weighted by Crippen LogP contribution is 2.08. The van der Waals surface area contributed by atoms with Gasteiger partial charge in [-0.1, -0.05) is 25.8 Å². The molecule has 0 bridgehead atoms. The maximum absolute atomic E-state index is 11.9. The lowest BCUT2D eigenvalue weighted by Crippen LogP contribution is -2.40. The van der Waals surface area contributed by atoms with Gasteiger partial charge >= 0.3 is 5.97 Å². The Morgan fingerprint density at radius 1 is 1.50 bits per heavy atom. The van der Waals surface area contributed by atoms with Crippen molar-refractivity contribution in [3.05, 3.63) is 24.4 Å². The van der Waals surface area contributed by atoms with E-state index in [9.17, 15) is 13.2 Å². The zero-order valence-electron chi connectivity index (χ0n) is 10.0. The highest BCUT2D eigenvalue weighted by Gasteiger charge is 2.25. The van der Waals surface area contributed by atoms with Gasteiger partial charge in [0.15, 0.2) is 5.03 Å². The summed E-state index contributed by atoms with van der Waals surface area (Å²) in [5.74, 6) is -1.18. The molecule has 0 amide bonds. The van der Waals surface area contributed by atoms with E-state index in [0.29, 0.717) is 6.42 Å². The summed E-state index contributed by atoms with van der Waals surface area (Å²) in [7, 11) is -3.88. The van der Waals surface area contributed by atoms with Crippen LogP contribution in [0.5, 0.6) is 0 Å². The molecule has 6 nitrogen and oxygen atoms in total. The Morgan fingerprint density at radius 2 is 2.22 bits per heavy atom. The van der Waals surface area contributed by atoms with Gasteiger partial charge in [-0.25, -0.2) is 13.4 Å². The van der Waals surface area contributed by atoms with E-state index in [2.05, 4.69) is 9.71 Å². The van der Waals surface area contributed by atoms with E-state index in [1.54, 1.807) is 6.07 Å². The number of carboxylic acids is 1. The average molecular weight is 272 g/mol. The fourth-order valence-corrected chi connectivity index (χ4v) is 2.57. The quantitative estimate of drug-likeness (QED) is 0.772. The average Bonchev–Trinajstić information content (AvgIpc) is 2.35. The summed E-state index contributed by atoms with van der Waals surface area (Å²) in [4.78, 5) is 14.7. The van der Waals surface area contributed by atoms with Crippen molar-refractivity contribution in [3.63, 3.8) is 0 Å². The van der Waals surface area contributed by atoms with Gasteiger partial charge in [-0.3, -0.25) is 4.79 Å². The van der Waals surface area contributed by atoms with E-state index in [-0.39, 0.29) is 11.4 Å². The zero-order chi connectivity index (χ0) is 13.6. The molecule has 1 heterocycles. The van der Waals surface area contributed by atoms with E-state index in [1.807, 2.05) is 6.92 Å². The first kappa shape index (κ1) is 14.6. The lowest BCUT2D eigenvalue weighted by molar-refractivity contribution is -0.139. The van der Waals surface area contributed by atoms with Gasteiger partial charge in [0, 0.05) is 6.20 Å². The van der Waals surface area contributed by atoms with Crippen molar-refractivity contribution in [2.45, 2.75) is 37.3 Å². The topological polar surface area (TPSA) is 96.4 Å². The van der Waals surface area contributed by atoms with E-state index < -0.39 is 22.0 Å². The molecule has 1 rings (SSSR count). The summed E-state index contributed by atoms with van der Waals surface area (Å²) >= 11 is 0. The molecule has 100 valence electrons. The second kappa shape index (κ2) is 6.46. The molecule has 1 aromatic rings. The standard InChI is InChI=1S/C11H16N2O4S/c1-2-3-6-9(11(14)15)13-18(16,17)10-7-4-5-8-12-10/h4-5,7-9,13H,2-3,6H2,1H3,(H,14,15)/t9-/m0/s1. The highest BCUT2D eigenvalue weighted by molar-refractivity contribution is 7.89. The van der Waals surface area contributed by atoms with Gasteiger partial charge in [0.25, 0.3) is 10.0 Å². The molecule has 0 aliphatic heterocycles. The Kier molecular flexibility index (Phi) is 5.24. The van der Waals surface area contributed by atoms with Crippen LogP contribution in [-0.4, -0.2) is 30.5 Å². The largest absolute Gasteiger partial charge is 0.480 e. The lowest BCUT2D eigenvalue weighted by Gasteiger charge is -2.13. The summed E-state index contributed by atoms with van der Waals surface area (Å²) < 4.78 is 25.9. The molecule has 18 heavy (non-hydrogen) atoms. The van der Waals surface area contributed by atoms with E-state index in [1.165, 1.54) is 18.3 Å². The van der Waals surface area contributed by atoms with Crippen LogP contribution >= 0.6 is 0 Å². The Balaban J connectivity index is 2.83. The molecular formula is C11H16N2O4S. The first-order valence-electron chi connectivity index (χ1n) is 5.63. The lowest BCUT2D eigenvalue weighted by atomic mass is 10.1. The number of sulfonamides is 1. The fourth-order valence-electron chi connectivity index (χ4n) is 1.39. The number of aliphatic carboxylic acids is 1. The molecule has 7 heteroatoms. The first-order valence-corrected chi connectivity index (χ1v) is 7.12. The summed E-state index contributed by atoms with van der Waals surface area (Å²) in [6, 6.07) is 3.33. The number of rotatable bonds is 7. The molecule has 1 aromatic heterocycles. The molecule has 0 unspecified atom stereocenters. The SMILES string of the molecule is CCCC[C@H](NS(=O)(=O)c1ccccn1)C(=O)O. The summed E-state index contributed by atoms with van der Waals surface area (Å²) in [5.41, 5.74) is 0. The maximum atomic E-state index is 11.9. The van der Waals surface area contributed by atoms with Crippen LogP contribution < -0.4 is 4.72 Å². The third-order valence-electron chi connectivity index (χ3n) is 2.35. The smallest absolute Gasteiger partial charge is 0.321 e. The minimum absolute atomic E-state index is 0.173. The number of nitrogens with zero attached hydrogens (tertiary/aromatic N) is 1. The van der Waals surface area contributed by atoms with Crippen molar-refractivity contribution in [2.75, 3.05) is 0 Å². The van der Waals surface area contributed by atoms with Gasteiger partial charge in [0.1, 0.15) is 6.04 Å². The van der Waals surface area contributed by atoms with Gasteiger partial charge in [0.2, 0.25) is 0 Å². The number of pyridine rings is 1. The molecule has 2 N–H and O–H groups in total. The minimum Gasteiger partial charge on any atom is -0.480 e. The third kappa shape index (κ3) is 4.08. The van der Waals surface area contributed by atoms with Crippen molar-refractivity contribution in [3.8, 4) is 0 Å². The summed E-state index contributed by atoms with van der Waals surface area (Å²) in [6.45, 7) is 1.91. The Bertz CT molecular complexity index is 487. The van der Waals surface area contributed by atoms with Crippen LogP contribution in [0.15, 0.2) is 29.4 Å². The number of hydrogen-bond acceptors (Lipinski definition) is 4. The van der Waals surface area contributed by atoms with Crippen molar-refractivity contribution >= 4 is 16.0 Å². The van der Waals surface area contributed by atoms with Crippen LogP contribution in [0.3, 0.4) is 0 Å². The molecule has 0 spiro atoms. The monoisotopic (exact) mass is 272 g/mol. The fraction of sp³-hybridized carbons (Fsp3) is 0.455. The Morgan fingerprint density at radius 3 is 2.72 bits per heavy atom. The predicted octanol–water partition coefficient (Wildman–Crippen LogP) is 1.00. The number of hydrogen-bond donors (Lipinski definition) is 2.